The minimum Gasteiger partial charge on any atom is -0.330 e. The molecule has 104 valence electrons. The lowest BCUT2D eigenvalue weighted by Crippen LogP contribution is -2.40. The lowest BCUT2D eigenvalue weighted by Gasteiger charge is -2.42. The number of hydrogen-bond donors (Lipinski definition) is 1. The molecule has 0 aromatic carbocycles. The first-order valence-electron chi connectivity index (χ1n) is 8.09. The van der Waals surface area contributed by atoms with Crippen molar-refractivity contribution in [2.24, 2.45) is 28.9 Å². The molecule has 2 heteroatoms. The zero-order valence-corrected chi connectivity index (χ0v) is 12.0. The fraction of sp³-hybridized carbons (Fsp3) is 1.00. The first-order chi connectivity index (χ1) is 8.71. The van der Waals surface area contributed by atoms with E-state index < -0.39 is 0 Å². The van der Waals surface area contributed by atoms with E-state index in [2.05, 4.69) is 11.9 Å². The smallest absolute Gasteiger partial charge is 0.000936 e. The molecular weight excluding hydrogens is 220 g/mol. The standard InChI is InChI=1S/C16H30N2/c1-18(8-7-16(12-17)5-2-6-16)11-15-10-13-3-4-14(15)9-13/h13-15H,2-12,17H2,1H3. The molecule has 0 aromatic heterocycles. The van der Waals surface area contributed by atoms with Crippen LogP contribution in [0.25, 0.3) is 0 Å². The van der Waals surface area contributed by atoms with Crippen molar-refractivity contribution in [2.75, 3.05) is 26.7 Å². The van der Waals surface area contributed by atoms with Crippen molar-refractivity contribution in [3.05, 3.63) is 0 Å². The molecule has 3 fully saturated rings. The van der Waals surface area contributed by atoms with Crippen molar-refractivity contribution in [3.63, 3.8) is 0 Å². The van der Waals surface area contributed by atoms with E-state index in [0.717, 1.165) is 24.3 Å². The molecule has 3 rings (SSSR count). The first-order valence-corrected chi connectivity index (χ1v) is 8.09. The molecule has 0 spiro atoms. The molecule has 18 heavy (non-hydrogen) atoms. The minimum atomic E-state index is 0.531. The molecule has 3 saturated carbocycles. The van der Waals surface area contributed by atoms with Crippen LogP contribution in [0.3, 0.4) is 0 Å². The van der Waals surface area contributed by atoms with Gasteiger partial charge in [-0.05, 0) is 81.8 Å². The number of hydrogen-bond acceptors (Lipinski definition) is 2. The zero-order chi connectivity index (χ0) is 12.6. The van der Waals surface area contributed by atoms with Gasteiger partial charge in [0.15, 0.2) is 0 Å². The molecule has 0 aliphatic heterocycles. The van der Waals surface area contributed by atoms with Gasteiger partial charge >= 0.3 is 0 Å². The van der Waals surface area contributed by atoms with Gasteiger partial charge in [0, 0.05) is 6.54 Å². The average Bonchev–Trinajstić information content (AvgIpc) is 2.90. The molecule has 3 atom stereocenters. The second kappa shape index (κ2) is 5.13. The van der Waals surface area contributed by atoms with Gasteiger partial charge in [0.25, 0.3) is 0 Å². The predicted molar refractivity (Wildman–Crippen MR) is 76.4 cm³/mol. The predicted octanol–water partition coefficient (Wildman–Crippen LogP) is 2.87. The van der Waals surface area contributed by atoms with Crippen LogP contribution in [0.5, 0.6) is 0 Å². The third-order valence-electron chi connectivity index (χ3n) is 6.30. The molecule has 2 N–H and O–H groups in total. The minimum absolute atomic E-state index is 0.531. The summed E-state index contributed by atoms with van der Waals surface area (Å²) in [5.41, 5.74) is 6.48. The number of nitrogens with zero attached hydrogens (tertiary/aromatic N) is 1. The van der Waals surface area contributed by atoms with Crippen molar-refractivity contribution in [1.82, 2.24) is 4.90 Å². The third kappa shape index (κ3) is 2.46. The Kier molecular flexibility index (Phi) is 3.68. The summed E-state index contributed by atoms with van der Waals surface area (Å²) in [6.07, 6.45) is 11.6. The Morgan fingerprint density at radius 2 is 2.06 bits per heavy atom. The van der Waals surface area contributed by atoms with E-state index >= 15 is 0 Å². The van der Waals surface area contributed by atoms with Crippen LogP contribution in [-0.4, -0.2) is 31.6 Å². The highest BCUT2D eigenvalue weighted by Gasteiger charge is 2.40. The summed E-state index contributed by atoms with van der Waals surface area (Å²) in [4.78, 5) is 2.60. The summed E-state index contributed by atoms with van der Waals surface area (Å²) >= 11 is 0. The van der Waals surface area contributed by atoms with Crippen LogP contribution in [-0.2, 0) is 0 Å². The molecule has 0 aromatic rings. The summed E-state index contributed by atoms with van der Waals surface area (Å²) in [6, 6.07) is 0. The monoisotopic (exact) mass is 250 g/mol. The molecule has 0 heterocycles. The van der Waals surface area contributed by atoms with Crippen LogP contribution in [0, 0.1) is 23.2 Å². The van der Waals surface area contributed by atoms with Gasteiger partial charge in [-0.2, -0.15) is 0 Å². The normalized spacial score (nSPS) is 37.2. The summed E-state index contributed by atoms with van der Waals surface area (Å²) < 4.78 is 0. The van der Waals surface area contributed by atoms with E-state index in [1.165, 1.54) is 58.0 Å². The second-order valence-electron chi connectivity index (χ2n) is 7.50. The van der Waals surface area contributed by atoms with E-state index in [9.17, 15) is 0 Å². The molecular formula is C16H30N2. The Morgan fingerprint density at radius 1 is 1.22 bits per heavy atom. The Hall–Kier alpha value is -0.0800. The SMILES string of the molecule is CN(CCC1(CN)CCC1)CC1CC2CCC1C2. The van der Waals surface area contributed by atoms with E-state index in [1.807, 2.05) is 0 Å². The van der Waals surface area contributed by atoms with Gasteiger partial charge < -0.3 is 10.6 Å². The Balaban J connectivity index is 1.40. The fourth-order valence-corrected chi connectivity index (χ4v) is 4.75. The molecule has 3 unspecified atom stereocenters. The zero-order valence-electron chi connectivity index (χ0n) is 12.0. The van der Waals surface area contributed by atoms with Crippen LogP contribution < -0.4 is 5.73 Å². The van der Waals surface area contributed by atoms with Gasteiger partial charge in [-0.3, -0.25) is 0 Å². The average molecular weight is 250 g/mol. The van der Waals surface area contributed by atoms with Crippen molar-refractivity contribution in [2.45, 2.75) is 51.4 Å². The Bertz CT molecular complexity index is 279. The van der Waals surface area contributed by atoms with Gasteiger partial charge in [-0.25, -0.2) is 0 Å². The Morgan fingerprint density at radius 3 is 2.56 bits per heavy atom. The number of rotatable bonds is 6. The molecule has 0 amide bonds. The summed E-state index contributed by atoms with van der Waals surface area (Å²) in [5.74, 6) is 3.18. The fourth-order valence-electron chi connectivity index (χ4n) is 4.75. The summed E-state index contributed by atoms with van der Waals surface area (Å²) in [6.45, 7) is 3.53. The van der Waals surface area contributed by atoms with Crippen LogP contribution >= 0.6 is 0 Å². The van der Waals surface area contributed by atoms with E-state index in [-0.39, 0.29) is 0 Å². The molecule has 0 saturated heterocycles. The quantitative estimate of drug-likeness (QED) is 0.785. The van der Waals surface area contributed by atoms with E-state index in [1.54, 1.807) is 6.42 Å². The van der Waals surface area contributed by atoms with Crippen molar-refractivity contribution < 1.29 is 0 Å². The third-order valence-corrected chi connectivity index (χ3v) is 6.30. The van der Waals surface area contributed by atoms with Gasteiger partial charge in [0.1, 0.15) is 0 Å². The summed E-state index contributed by atoms with van der Waals surface area (Å²) in [5, 5.41) is 0. The van der Waals surface area contributed by atoms with Crippen LogP contribution in [0.4, 0.5) is 0 Å². The first kappa shape index (κ1) is 12.9. The van der Waals surface area contributed by atoms with Crippen molar-refractivity contribution in [1.29, 1.82) is 0 Å². The van der Waals surface area contributed by atoms with Crippen LogP contribution in [0.15, 0.2) is 0 Å². The van der Waals surface area contributed by atoms with E-state index in [4.69, 9.17) is 5.73 Å². The lowest BCUT2D eigenvalue weighted by molar-refractivity contribution is 0.105. The van der Waals surface area contributed by atoms with Crippen LogP contribution in [0.2, 0.25) is 0 Å². The maximum Gasteiger partial charge on any atom is 0.000936 e. The molecule has 3 aliphatic rings. The molecule has 2 bridgehead atoms. The lowest BCUT2D eigenvalue weighted by atomic mass is 9.66. The highest BCUT2D eigenvalue weighted by Crippen LogP contribution is 2.48. The largest absolute Gasteiger partial charge is 0.330 e. The highest BCUT2D eigenvalue weighted by molar-refractivity contribution is 4.92. The molecule has 0 radical (unpaired) electrons. The van der Waals surface area contributed by atoms with E-state index in [0.29, 0.717) is 5.41 Å². The summed E-state index contributed by atoms with van der Waals surface area (Å²) in [7, 11) is 2.33. The van der Waals surface area contributed by atoms with Gasteiger partial charge in [-0.1, -0.05) is 12.8 Å². The highest BCUT2D eigenvalue weighted by atomic mass is 15.1. The van der Waals surface area contributed by atoms with Crippen molar-refractivity contribution >= 4 is 0 Å². The maximum atomic E-state index is 5.95. The number of fused-ring (bicyclic) bond motifs is 2. The van der Waals surface area contributed by atoms with Gasteiger partial charge in [0.05, 0.1) is 0 Å². The Labute approximate surface area is 112 Å². The molecule has 2 nitrogen and oxygen atoms in total. The van der Waals surface area contributed by atoms with Gasteiger partial charge in [0.2, 0.25) is 0 Å². The second-order valence-corrected chi connectivity index (χ2v) is 7.50. The number of nitrogens with two attached hydrogens (primary N) is 1. The maximum absolute atomic E-state index is 5.95. The van der Waals surface area contributed by atoms with Crippen molar-refractivity contribution in [3.8, 4) is 0 Å². The van der Waals surface area contributed by atoms with Crippen LogP contribution in [0.1, 0.15) is 51.4 Å². The topological polar surface area (TPSA) is 29.3 Å². The molecule has 3 aliphatic carbocycles. The van der Waals surface area contributed by atoms with Gasteiger partial charge in [-0.15, -0.1) is 0 Å².